The second kappa shape index (κ2) is 6.60. The Morgan fingerprint density at radius 3 is 2.93 bits per heavy atom. The zero-order chi connectivity index (χ0) is 19.3. The van der Waals surface area contributed by atoms with Crippen molar-refractivity contribution >= 4 is 11.4 Å². The average molecular weight is 378 g/mol. The molecule has 3 unspecified atom stereocenters. The summed E-state index contributed by atoms with van der Waals surface area (Å²) in [5, 5.41) is 4.39. The van der Waals surface area contributed by atoms with Gasteiger partial charge in [-0.1, -0.05) is 30.3 Å². The number of likely N-dealkylation sites (tertiary alicyclic amines) is 1. The van der Waals surface area contributed by atoms with Gasteiger partial charge in [0.25, 0.3) is 11.5 Å². The molecule has 1 amide bonds. The molecule has 3 atom stereocenters. The first-order valence-corrected chi connectivity index (χ1v) is 9.65. The van der Waals surface area contributed by atoms with E-state index >= 15 is 0 Å². The van der Waals surface area contributed by atoms with Crippen LogP contribution in [0.1, 0.15) is 34.1 Å². The highest BCUT2D eigenvalue weighted by Gasteiger charge is 2.46. The lowest BCUT2D eigenvalue weighted by atomic mass is 9.84. The van der Waals surface area contributed by atoms with Gasteiger partial charge in [-0.15, -0.1) is 0 Å². The van der Waals surface area contributed by atoms with Gasteiger partial charge in [-0.05, 0) is 18.9 Å². The molecule has 1 aromatic carbocycles. The average Bonchev–Trinajstić information content (AvgIpc) is 3.30. The summed E-state index contributed by atoms with van der Waals surface area (Å²) in [5.41, 5.74) is 2.40. The number of nitrogens with one attached hydrogen (secondary N) is 1. The van der Waals surface area contributed by atoms with Gasteiger partial charge < -0.3 is 14.6 Å². The monoisotopic (exact) mass is 378 g/mol. The lowest BCUT2D eigenvalue weighted by Crippen LogP contribution is -2.42. The number of nitrogens with zero attached hydrogens (tertiary/aromatic N) is 3. The molecule has 7 nitrogen and oxygen atoms in total. The SMILES string of the molecule is Cc1cn2nc(C(=O)N3CC(c4ccccc4)C4COCCC43)cc2c(=O)[nH]1. The van der Waals surface area contributed by atoms with Crippen LogP contribution in [0.25, 0.3) is 5.52 Å². The van der Waals surface area contributed by atoms with Crippen molar-refractivity contribution in [3.8, 4) is 0 Å². The number of carbonyl (C=O) groups excluding carboxylic acids is 1. The smallest absolute Gasteiger partial charge is 0.274 e. The minimum absolute atomic E-state index is 0.115. The lowest BCUT2D eigenvalue weighted by molar-refractivity contribution is 0.0187. The molecule has 2 aliphatic heterocycles. The van der Waals surface area contributed by atoms with Gasteiger partial charge in [0.2, 0.25) is 0 Å². The van der Waals surface area contributed by atoms with Gasteiger partial charge in [0.15, 0.2) is 5.69 Å². The standard InChI is InChI=1S/C21H22N4O3/c1-13-10-25-19(20(26)22-13)9-17(23-25)21(27)24-11-15(14-5-3-2-4-6-14)16-12-28-8-7-18(16)24/h2-6,9-10,15-16,18H,7-8,11-12H2,1H3,(H,22,26). The third kappa shape index (κ3) is 2.74. The number of hydrogen-bond donors (Lipinski definition) is 1. The van der Waals surface area contributed by atoms with E-state index in [-0.39, 0.29) is 29.3 Å². The molecule has 7 heteroatoms. The normalized spacial score (nSPS) is 24.5. The first-order valence-electron chi connectivity index (χ1n) is 9.65. The van der Waals surface area contributed by atoms with Gasteiger partial charge in [-0.25, -0.2) is 4.52 Å². The molecule has 2 fully saturated rings. The van der Waals surface area contributed by atoms with Crippen molar-refractivity contribution in [1.82, 2.24) is 19.5 Å². The van der Waals surface area contributed by atoms with Crippen molar-refractivity contribution in [2.45, 2.75) is 25.3 Å². The summed E-state index contributed by atoms with van der Waals surface area (Å²) in [6, 6.07) is 12.0. The van der Waals surface area contributed by atoms with Crippen LogP contribution in [0.2, 0.25) is 0 Å². The first kappa shape index (κ1) is 17.2. The topological polar surface area (TPSA) is 79.7 Å². The Kier molecular flexibility index (Phi) is 4.05. The number of aromatic nitrogens is 3. The third-order valence-electron chi connectivity index (χ3n) is 5.98. The maximum Gasteiger partial charge on any atom is 0.274 e. The Balaban J connectivity index is 1.50. The van der Waals surface area contributed by atoms with Crippen molar-refractivity contribution in [3.05, 3.63) is 69.9 Å². The van der Waals surface area contributed by atoms with Gasteiger partial charge in [0, 0.05) is 49.0 Å². The van der Waals surface area contributed by atoms with E-state index in [9.17, 15) is 9.59 Å². The van der Waals surface area contributed by atoms with E-state index in [0.717, 1.165) is 6.42 Å². The van der Waals surface area contributed by atoms with Crippen LogP contribution < -0.4 is 5.56 Å². The molecule has 2 saturated heterocycles. The quantitative estimate of drug-likeness (QED) is 0.739. The Hall–Kier alpha value is -2.93. The molecule has 0 bridgehead atoms. The predicted octanol–water partition coefficient (Wildman–Crippen LogP) is 1.98. The summed E-state index contributed by atoms with van der Waals surface area (Å²) in [5.74, 6) is 0.414. The number of H-pyrrole nitrogens is 1. The summed E-state index contributed by atoms with van der Waals surface area (Å²) in [6.45, 7) is 3.76. The Morgan fingerprint density at radius 1 is 1.29 bits per heavy atom. The molecule has 28 heavy (non-hydrogen) atoms. The molecular weight excluding hydrogens is 356 g/mol. The molecule has 0 aliphatic carbocycles. The molecular formula is C21H22N4O3. The van der Waals surface area contributed by atoms with Crippen molar-refractivity contribution in [1.29, 1.82) is 0 Å². The van der Waals surface area contributed by atoms with Crippen molar-refractivity contribution in [2.75, 3.05) is 19.8 Å². The predicted molar refractivity (Wildman–Crippen MR) is 103 cm³/mol. The minimum Gasteiger partial charge on any atom is -0.381 e. The maximum atomic E-state index is 13.3. The highest BCUT2D eigenvalue weighted by Crippen LogP contribution is 2.41. The minimum atomic E-state index is -0.237. The molecule has 2 aliphatic rings. The highest BCUT2D eigenvalue weighted by molar-refractivity contribution is 5.94. The Morgan fingerprint density at radius 2 is 2.11 bits per heavy atom. The number of ether oxygens (including phenoxy) is 1. The number of amides is 1. The van der Waals surface area contributed by atoms with E-state index < -0.39 is 0 Å². The van der Waals surface area contributed by atoms with Crippen molar-refractivity contribution in [2.24, 2.45) is 5.92 Å². The summed E-state index contributed by atoms with van der Waals surface area (Å²) in [4.78, 5) is 30.2. The number of rotatable bonds is 2. The number of aryl methyl sites for hydroxylation is 1. The molecule has 3 aromatic rings. The second-order valence-electron chi connectivity index (χ2n) is 7.70. The summed E-state index contributed by atoms with van der Waals surface area (Å²) >= 11 is 0. The van der Waals surface area contributed by atoms with Crippen LogP contribution >= 0.6 is 0 Å². The van der Waals surface area contributed by atoms with Crippen LogP contribution in [0.3, 0.4) is 0 Å². The number of hydrogen-bond acceptors (Lipinski definition) is 4. The molecule has 144 valence electrons. The summed E-state index contributed by atoms with van der Waals surface area (Å²) in [7, 11) is 0. The van der Waals surface area contributed by atoms with E-state index in [4.69, 9.17) is 4.74 Å². The van der Waals surface area contributed by atoms with Gasteiger partial charge in [0.1, 0.15) is 5.52 Å². The largest absolute Gasteiger partial charge is 0.381 e. The molecule has 1 N–H and O–H groups in total. The van der Waals surface area contributed by atoms with E-state index in [0.29, 0.717) is 36.7 Å². The van der Waals surface area contributed by atoms with Crippen LogP contribution in [-0.4, -0.2) is 51.2 Å². The van der Waals surface area contributed by atoms with E-state index in [1.54, 1.807) is 19.2 Å². The number of carbonyl (C=O) groups is 1. The van der Waals surface area contributed by atoms with Crippen molar-refractivity contribution < 1.29 is 9.53 Å². The lowest BCUT2D eigenvalue weighted by Gasteiger charge is -2.32. The Bertz CT molecular complexity index is 1090. The van der Waals surface area contributed by atoms with Gasteiger partial charge in [0.05, 0.1) is 6.61 Å². The number of benzene rings is 1. The van der Waals surface area contributed by atoms with Crippen LogP contribution in [-0.2, 0) is 4.74 Å². The summed E-state index contributed by atoms with van der Waals surface area (Å²) in [6.07, 6.45) is 2.55. The molecule has 5 rings (SSSR count). The van der Waals surface area contributed by atoms with E-state index in [1.165, 1.54) is 10.1 Å². The molecule has 0 saturated carbocycles. The number of fused-ring (bicyclic) bond motifs is 2. The van der Waals surface area contributed by atoms with E-state index in [2.05, 4.69) is 22.2 Å². The molecule has 2 aromatic heterocycles. The van der Waals surface area contributed by atoms with Gasteiger partial charge in [-0.3, -0.25) is 9.59 Å². The van der Waals surface area contributed by atoms with Crippen LogP contribution in [0, 0.1) is 12.8 Å². The number of aromatic amines is 1. The third-order valence-corrected chi connectivity index (χ3v) is 5.98. The van der Waals surface area contributed by atoms with Crippen molar-refractivity contribution in [3.63, 3.8) is 0 Å². The fraction of sp³-hybridized carbons (Fsp3) is 0.381. The van der Waals surface area contributed by atoms with Crippen LogP contribution in [0.5, 0.6) is 0 Å². The van der Waals surface area contributed by atoms with Gasteiger partial charge >= 0.3 is 0 Å². The fourth-order valence-electron chi connectivity index (χ4n) is 4.66. The van der Waals surface area contributed by atoms with Crippen LogP contribution in [0.4, 0.5) is 0 Å². The van der Waals surface area contributed by atoms with Crippen LogP contribution in [0.15, 0.2) is 47.4 Å². The molecule has 0 radical (unpaired) electrons. The Labute approximate surface area is 161 Å². The zero-order valence-corrected chi connectivity index (χ0v) is 15.7. The summed E-state index contributed by atoms with van der Waals surface area (Å²) < 4.78 is 7.24. The fourth-order valence-corrected chi connectivity index (χ4v) is 4.66. The maximum absolute atomic E-state index is 13.3. The van der Waals surface area contributed by atoms with Gasteiger partial charge in [-0.2, -0.15) is 5.10 Å². The van der Waals surface area contributed by atoms with E-state index in [1.807, 2.05) is 23.1 Å². The molecule has 0 spiro atoms. The molecule has 4 heterocycles. The first-order chi connectivity index (χ1) is 13.6. The zero-order valence-electron chi connectivity index (χ0n) is 15.7. The second-order valence-corrected chi connectivity index (χ2v) is 7.70. The highest BCUT2D eigenvalue weighted by atomic mass is 16.5.